The molecule has 0 N–H and O–H groups in total. The van der Waals surface area contributed by atoms with Crippen molar-refractivity contribution in [2.45, 2.75) is 30.9 Å². The van der Waals surface area contributed by atoms with E-state index in [2.05, 4.69) is 25.2 Å². The number of hydrogen-bond acceptors (Lipinski definition) is 0. The van der Waals surface area contributed by atoms with Gasteiger partial charge in [0.05, 0.1) is 0 Å². The van der Waals surface area contributed by atoms with Crippen molar-refractivity contribution in [2.24, 2.45) is 0 Å². The summed E-state index contributed by atoms with van der Waals surface area (Å²) in [5.41, 5.74) is 0. The van der Waals surface area contributed by atoms with Gasteiger partial charge < -0.3 is 14.1 Å². The topological polar surface area (TPSA) is 0 Å². The van der Waals surface area contributed by atoms with E-state index in [4.69, 9.17) is 0 Å². The SMILES string of the molecule is CCC[CH2][Ti+3][C]1=CC=CC1.[F-].[F-].[F-]. The minimum Gasteiger partial charge on any atom is -1.00 e. The van der Waals surface area contributed by atoms with Crippen LogP contribution in [0, 0.1) is 0 Å². The van der Waals surface area contributed by atoms with Crippen LogP contribution < -0.4 is 14.1 Å². The van der Waals surface area contributed by atoms with Crippen LogP contribution in [0.15, 0.2) is 22.1 Å². The average Bonchev–Trinajstić information content (AvgIpc) is 2.41. The standard InChI is InChI=1S/C5H5.C4H9.3FH.Ti/c1-2-4-5-3-1;1-3-4-2;;;;/h1-3H,4H2;1,3-4H2,2H3;3*1H;/q;;;;;+3/p-3. The molecule has 13 heavy (non-hydrogen) atoms. The minimum absolute atomic E-state index is 0. The van der Waals surface area contributed by atoms with E-state index >= 15 is 0 Å². The van der Waals surface area contributed by atoms with E-state index in [1.54, 1.807) is 3.88 Å². The van der Waals surface area contributed by atoms with Gasteiger partial charge in [-0.3, -0.25) is 0 Å². The summed E-state index contributed by atoms with van der Waals surface area (Å²) < 4.78 is 3.25. The zero-order valence-electron chi connectivity index (χ0n) is 7.69. The Morgan fingerprint density at radius 2 is 2.00 bits per heavy atom. The van der Waals surface area contributed by atoms with Gasteiger partial charge in [-0.15, -0.1) is 0 Å². The molecule has 0 saturated heterocycles. The molecule has 0 aromatic carbocycles. The first-order valence-corrected chi connectivity index (χ1v) is 5.91. The van der Waals surface area contributed by atoms with Gasteiger partial charge in [-0.1, -0.05) is 0 Å². The molecule has 0 heterocycles. The summed E-state index contributed by atoms with van der Waals surface area (Å²) in [6.07, 6.45) is 10.9. The van der Waals surface area contributed by atoms with Gasteiger partial charge >= 0.3 is 72.2 Å². The molecule has 0 nitrogen and oxygen atoms in total. The maximum Gasteiger partial charge on any atom is -1.00 e. The van der Waals surface area contributed by atoms with E-state index in [1.807, 2.05) is 0 Å². The van der Waals surface area contributed by atoms with Gasteiger partial charge in [0.15, 0.2) is 0 Å². The third-order valence-corrected chi connectivity index (χ3v) is 3.88. The van der Waals surface area contributed by atoms with E-state index in [-0.39, 0.29) is 33.3 Å². The fourth-order valence-electron chi connectivity index (χ4n) is 1.00. The quantitative estimate of drug-likeness (QED) is 0.331. The molecule has 1 rings (SSSR count). The Morgan fingerprint density at radius 1 is 1.31 bits per heavy atom. The van der Waals surface area contributed by atoms with Crippen molar-refractivity contribution in [3.05, 3.63) is 22.1 Å². The molecule has 1 aliphatic rings. The van der Waals surface area contributed by atoms with Crippen LogP contribution in [0.3, 0.4) is 0 Å². The summed E-state index contributed by atoms with van der Waals surface area (Å²) in [5.74, 6) is 0. The number of unbranched alkanes of at least 4 members (excludes halogenated alkanes) is 1. The molecule has 75 valence electrons. The van der Waals surface area contributed by atoms with Gasteiger partial charge in [-0.25, -0.2) is 0 Å². The van der Waals surface area contributed by atoms with Crippen molar-refractivity contribution < 1.29 is 33.3 Å². The molecule has 0 aliphatic heterocycles. The Morgan fingerprint density at radius 3 is 2.46 bits per heavy atom. The number of halogens is 3. The summed E-state index contributed by atoms with van der Waals surface area (Å²) in [6.45, 7) is 2.27. The van der Waals surface area contributed by atoms with Crippen LogP contribution >= 0.6 is 0 Å². The van der Waals surface area contributed by atoms with E-state index < -0.39 is 0 Å². The maximum atomic E-state index is 2.32. The van der Waals surface area contributed by atoms with Gasteiger partial charge in [0.25, 0.3) is 0 Å². The fraction of sp³-hybridized carbons (Fsp3) is 0.556. The summed E-state index contributed by atoms with van der Waals surface area (Å²) in [6, 6.07) is 0. The molecule has 1 aliphatic carbocycles. The smallest absolute Gasteiger partial charge is 1.00 e. The normalized spacial score (nSPS) is 11.6. The summed E-state index contributed by atoms with van der Waals surface area (Å²) in [4.78, 5) is 0. The molecule has 0 aromatic rings. The third-order valence-electron chi connectivity index (χ3n) is 1.65. The van der Waals surface area contributed by atoms with Gasteiger partial charge in [0, 0.05) is 0 Å². The Kier molecular flexibility index (Phi) is 17.2. The zero-order valence-corrected chi connectivity index (χ0v) is 9.26. The zero-order chi connectivity index (χ0) is 7.23. The van der Waals surface area contributed by atoms with E-state index in [1.165, 1.54) is 24.0 Å². The minimum atomic E-state index is 0. The van der Waals surface area contributed by atoms with Crippen molar-refractivity contribution in [2.75, 3.05) is 0 Å². The van der Waals surface area contributed by atoms with E-state index in [9.17, 15) is 0 Å². The van der Waals surface area contributed by atoms with Gasteiger partial charge in [-0.05, 0) is 0 Å². The van der Waals surface area contributed by atoms with Crippen molar-refractivity contribution in [3.8, 4) is 0 Å². The van der Waals surface area contributed by atoms with Crippen molar-refractivity contribution in [1.82, 2.24) is 0 Å². The second-order valence-electron chi connectivity index (χ2n) is 2.60. The largest absolute Gasteiger partial charge is 1.00 e. The Bertz CT molecular complexity index is 155. The first kappa shape index (κ1) is 18.7. The first-order chi connectivity index (χ1) is 4.93. The Balaban J connectivity index is -0.000000333. The second-order valence-corrected chi connectivity index (χ2v) is 4.94. The Labute approximate surface area is 86.5 Å². The van der Waals surface area contributed by atoms with Crippen molar-refractivity contribution in [3.63, 3.8) is 0 Å². The number of allylic oxidation sites excluding steroid dienone is 4. The van der Waals surface area contributed by atoms with Crippen LogP contribution in [0.5, 0.6) is 0 Å². The molecule has 0 bridgehead atoms. The molecule has 4 heteroatoms. The van der Waals surface area contributed by atoms with Crippen LogP contribution in [0.2, 0.25) is 4.73 Å². The molecule has 0 spiro atoms. The summed E-state index contributed by atoms with van der Waals surface area (Å²) in [7, 11) is 0. The van der Waals surface area contributed by atoms with Crippen molar-refractivity contribution >= 4 is 0 Å². The Hall–Kier alpha value is -0.0157. The van der Waals surface area contributed by atoms with Gasteiger partial charge in [0.1, 0.15) is 0 Å². The molecule has 0 fully saturated rings. The van der Waals surface area contributed by atoms with Crippen LogP contribution in [-0.4, -0.2) is 0 Å². The molecular weight excluding hydrogens is 213 g/mol. The van der Waals surface area contributed by atoms with Crippen LogP contribution in [0.4, 0.5) is 0 Å². The molecule has 0 radical (unpaired) electrons. The van der Waals surface area contributed by atoms with Crippen LogP contribution in [0.25, 0.3) is 0 Å². The van der Waals surface area contributed by atoms with Gasteiger partial charge in [-0.2, -0.15) is 0 Å². The molecule has 0 saturated carbocycles. The number of hydrogen-bond donors (Lipinski definition) is 0. The monoisotopic (exact) mass is 227 g/mol. The van der Waals surface area contributed by atoms with Crippen LogP contribution in [-0.2, 0) is 19.2 Å². The summed E-state index contributed by atoms with van der Waals surface area (Å²) in [5, 5.41) is 0. The van der Waals surface area contributed by atoms with E-state index in [0.29, 0.717) is 0 Å². The van der Waals surface area contributed by atoms with Crippen molar-refractivity contribution in [1.29, 1.82) is 0 Å². The molecular formula is C9H14F3Ti. The maximum absolute atomic E-state index is 2.32. The fourth-order valence-corrected chi connectivity index (χ4v) is 3.08. The van der Waals surface area contributed by atoms with E-state index in [0.717, 1.165) is 0 Å². The molecule has 0 unspecified atom stereocenters. The molecule has 0 amide bonds. The average molecular weight is 227 g/mol. The predicted molar refractivity (Wildman–Crippen MR) is 41.6 cm³/mol. The van der Waals surface area contributed by atoms with Gasteiger partial charge in [0.2, 0.25) is 0 Å². The number of rotatable bonds is 4. The second kappa shape index (κ2) is 12.0. The third kappa shape index (κ3) is 8.32. The predicted octanol–water partition coefficient (Wildman–Crippen LogP) is -5.86. The molecule has 0 aromatic heterocycles. The molecule has 0 atom stereocenters. The summed E-state index contributed by atoms with van der Waals surface area (Å²) >= 11 is 0.290. The van der Waals surface area contributed by atoms with Crippen LogP contribution in [0.1, 0.15) is 26.2 Å². The first-order valence-electron chi connectivity index (χ1n) is 4.03.